The van der Waals surface area contributed by atoms with Gasteiger partial charge >= 0.3 is 6.09 Å². The number of hydrogen-bond donors (Lipinski definition) is 1. The number of nitrogens with zero attached hydrogens (tertiary/aromatic N) is 1. The SMILES string of the molecule is CC(C)(C)OC(=O)N(CC(C)(C)C(=O)C(C)(C)C)C(=O)c1cccc(O)c1. The number of phenolic OH excluding ortho intramolecular Hbond substituents is 1. The maximum Gasteiger partial charge on any atom is 0.417 e. The summed E-state index contributed by atoms with van der Waals surface area (Å²) >= 11 is 0. The van der Waals surface area contributed by atoms with Crippen molar-refractivity contribution in [2.24, 2.45) is 10.8 Å². The zero-order valence-electron chi connectivity index (χ0n) is 17.5. The molecule has 1 aromatic rings. The number of ketones is 1. The quantitative estimate of drug-likeness (QED) is 0.840. The normalized spacial score (nSPS) is 12.4. The minimum absolute atomic E-state index is 0.0766. The van der Waals surface area contributed by atoms with Gasteiger partial charge in [-0.15, -0.1) is 0 Å². The number of rotatable bonds is 4. The van der Waals surface area contributed by atoms with Crippen LogP contribution in [0.25, 0.3) is 0 Å². The van der Waals surface area contributed by atoms with Gasteiger partial charge in [-0.05, 0) is 39.0 Å². The van der Waals surface area contributed by atoms with Crippen LogP contribution in [0.4, 0.5) is 4.79 Å². The van der Waals surface area contributed by atoms with Gasteiger partial charge in [0.25, 0.3) is 5.91 Å². The van der Waals surface area contributed by atoms with E-state index in [9.17, 15) is 19.5 Å². The summed E-state index contributed by atoms with van der Waals surface area (Å²) in [7, 11) is 0. The van der Waals surface area contributed by atoms with Gasteiger partial charge in [-0.25, -0.2) is 9.69 Å². The first-order valence-corrected chi connectivity index (χ1v) is 8.93. The lowest BCUT2D eigenvalue weighted by Crippen LogP contribution is -2.49. The topological polar surface area (TPSA) is 83.9 Å². The first-order chi connectivity index (χ1) is 12.0. The molecule has 150 valence electrons. The van der Waals surface area contributed by atoms with Gasteiger partial charge in [0.15, 0.2) is 0 Å². The molecule has 0 saturated heterocycles. The number of ether oxygens (including phenoxy) is 1. The maximum atomic E-state index is 13.0. The van der Waals surface area contributed by atoms with Gasteiger partial charge < -0.3 is 9.84 Å². The van der Waals surface area contributed by atoms with Crippen molar-refractivity contribution in [3.8, 4) is 5.75 Å². The van der Waals surface area contributed by atoms with Crippen LogP contribution in [0.1, 0.15) is 65.7 Å². The van der Waals surface area contributed by atoms with Crippen LogP contribution in [-0.2, 0) is 9.53 Å². The Labute approximate surface area is 161 Å². The van der Waals surface area contributed by atoms with E-state index in [1.165, 1.54) is 24.3 Å². The van der Waals surface area contributed by atoms with Crippen LogP contribution < -0.4 is 0 Å². The van der Waals surface area contributed by atoms with Crippen LogP contribution in [0.5, 0.6) is 5.75 Å². The van der Waals surface area contributed by atoms with Crippen LogP contribution in [-0.4, -0.2) is 39.9 Å². The molecule has 0 heterocycles. The van der Waals surface area contributed by atoms with Crippen molar-refractivity contribution in [3.05, 3.63) is 29.8 Å². The number of imide groups is 1. The molecule has 0 aliphatic rings. The zero-order chi connectivity index (χ0) is 21.2. The zero-order valence-corrected chi connectivity index (χ0v) is 17.5. The number of carbonyl (C=O) groups is 3. The summed E-state index contributed by atoms with van der Waals surface area (Å²) in [6.07, 6.45) is -0.828. The molecule has 0 spiro atoms. The van der Waals surface area contributed by atoms with Crippen molar-refractivity contribution in [1.29, 1.82) is 0 Å². The fourth-order valence-corrected chi connectivity index (χ4v) is 2.81. The van der Waals surface area contributed by atoms with Crippen molar-refractivity contribution >= 4 is 17.8 Å². The second-order valence-corrected chi connectivity index (χ2v) is 9.38. The van der Waals surface area contributed by atoms with Crippen molar-refractivity contribution in [2.75, 3.05) is 6.54 Å². The molecule has 1 N–H and O–H groups in total. The van der Waals surface area contributed by atoms with E-state index in [1.54, 1.807) is 55.4 Å². The molecule has 6 heteroatoms. The van der Waals surface area contributed by atoms with Crippen LogP contribution in [0.3, 0.4) is 0 Å². The van der Waals surface area contributed by atoms with Crippen molar-refractivity contribution < 1.29 is 24.2 Å². The van der Waals surface area contributed by atoms with E-state index < -0.39 is 28.4 Å². The minimum Gasteiger partial charge on any atom is -0.508 e. The number of Topliss-reactive ketones (excluding diaryl/α,β-unsaturated/α-hetero) is 1. The molecule has 6 nitrogen and oxygen atoms in total. The third kappa shape index (κ3) is 6.38. The highest BCUT2D eigenvalue weighted by Crippen LogP contribution is 2.31. The van der Waals surface area contributed by atoms with Crippen molar-refractivity contribution in [1.82, 2.24) is 4.90 Å². The standard InChI is InChI=1S/C21H31NO5/c1-19(2,3)17(25)21(7,8)13-22(18(26)27-20(4,5)6)16(24)14-10-9-11-15(23)12-14/h9-12,23H,13H2,1-8H3. The third-order valence-electron chi connectivity index (χ3n) is 3.80. The van der Waals surface area contributed by atoms with Gasteiger partial charge in [-0.2, -0.15) is 0 Å². The smallest absolute Gasteiger partial charge is 0.417 e. The van der Waals surface area contributed by atoms with Crippen molar-refractivity contribution in [2.45, 2.75) is 61.0 Å². The van der Waals surface area contributed by atoms with Crippen LogP contribution in [0.2, 0.25) is 0 Å². The number of aromatic hydroxyl groups is 1. The second kappa shape index (κ2) is 7.71. The van der Waals surface area contributed by atoms with E-state index in [-0.39, 0.29) is 23.6 Å². The highest BCUT2D eigenvalue weighted by molar-refractivity contribution is 6.03. The molecule has 1 rings (SSSR count). The van der Waals surface area contributed by atoms with E-state index >= 15 is 0 Å². The molecule has 0 unspecified atom stereocenters. The first-order valence-electron chi connectivity index (χ1n) is 8.93. The molecular weight excluding hydrogens is 346 g/mol. The average Bonchev–Trinajstić information content (AvgIpc) is 2.48. The monoisotopic (exact) mass is 377 g/mol. The number of benzene rings is 1. The molecule has 0 saturated carbocycles. The first kappa shape index (κ1) is 22.7. The molecule has 2 amide bonds. The minimum atomic E-state index is -0.971. The average molecular weight is 377 g/mol. The summed E-state index contributed by atoms with van der Waals surface area (Å²) in [6, 6.07) is 5.72. The predicted molar refractivity (Wildman–Crippen MR) is 104 cm³/mol. The fraction of sp³-hybridized carbons (Fsp3) is 0.571. The summed E-state index contributed by atoms with van der Waals surface area (Å²) in [6.45, 7) is 13.8. The Hall–Kier alpha value is -2.37. The van der Waals surface area contributed by atoms with Gasteiger partial charge in [0.05, 0.1) is 0 Å². The van der Waals surface area contributed by atoms with Gasteiger partial charge in [0.1, 0.15) is 17.1 Å². The van der Waals surface area contributed by atoms with Crippen LogP contribution in [0, 0.1) is 10.8 Å². The van der Waals surface area contributed by atoms with Gasteiger partial charge in [0.2, 0.25) is 0 Å². The third-order valence-corrected chi connectivity index (χ3v) is 3.80. The lowest BCUT2D eigenvalue weighted by Gasteiger charge is -2.35. The maximum absolute atomic E-state index is 13.0. The Morgan fingerprint density at radius 2 is 1.56 bits per heavy atom. The highest BCUT2D eigenvalue weighted by atomic mass is 16.6. The molecule has 0 atom stereocenters. The van der Waals surface area contributed by atoms with E-state index in [4.69, 9.17) is 4.74 Å². The van der Waals surface area contributed by atoms with E-state index in [0.717, 1.165) is 4.90 Å². The number of amides is 2. The molecule has 0 aliphatic carbocycles. The van der Waals surface area contributed by atoms with E-state index in [1.807, 2.05) is 0 Å². The Kier molecular flexibility index (Phi) is 6.47. The van der Waals surface area contributed by atoms with Gasteiger partial charge in [0, 0.05) is 22.9 Å². The molecule has 0 radical (unpaired) electrons. The summed E-state index contributed by atoms with van der Waals surface area (Å²) in [5.41, 5.74) is -2.26. The Morgan fingerprint density at radius 1 is 1.00 bits per heavy atom. The van der Waals surface area contributed by atoms with Gasteiger partial charge in [-0.1, -0.05) is 40.7 Å². The Balaban J connectivity index is 3.28. The summed E-state index contributed by atoms with van der Waals surface area (Å²) in [5, 5.41) is 9.66. The molecule has 0 aliphatic heterocycles. The highest BCUT2D eigenvalue weighted by Gasteiger charge is 2.41. The predicted octanol–water partition coefficient (Wildman–Crippen LogP) is 4.41. The van der Waals surface area contributed by atoms with Crippen LogP contribution in [0.15, 0.2) is 24.3 Å². The summed E-state index contributed by atoms with van der Waals surface area (Å²) in [5.74, 6) is -0.794. The number of carbonyl (C=O) groups excluding carboxylic acids is 3. The summed E-state index contributed by atoms with van der Waals surface area (Å²) < 4.78 is 5.38. The van der Waals surface area contributed by atoms with E-state index in [0.29, 0.717) is 0 Å². The summed E-state index contributed by atoms with van der Waals surface area (Å²) in [4.78, 5) is 39.4. The largest absolute Gasteiger partial charge is 0.508 e. The fourth-order valence-electron chi connectivity index (χ4n) is 2.81. The molecule has 0 aromatic heterocycles. The molecule has 0 fully saturated rings. The number of hydrogen-bond acceptors (Lipinski definition) is 5. The Morgan fingerprint density at radius 3 is 2.00 bits per heavy atom. The van der Waals surface area contributed by atoms with Gasteiger partial charge in [-0.3, -0.25) is 9.59 Å². The van der Waals surface area contributed by atoms with Crippen molar-refractivity contribution in [3.63, 3.8) is 0 Å². The number of phenols is 1. The molecular formula is C21H31NO5. The van der Waals surface area contributed by atoms with E-state index in [2.05, 4.69) is 0 Å². The molecule has 27 heavy (non-hydrogen) atoms. The molecule has 0 bridgehead atoms. The second-order valence-electron chi connectivity index (χ2n) is 9.38. The molecule has 1 aromatic carbocycles. The van der Waals surface area contributed by atoms with Crippen LogP contribution >= 0.6 is 0 Å². The lowest BCUT2D eigenvalue weighted by atomic mass is 9.74. The Bertz CT molecular complexity index is 723. The lowest BCUT2D eigenvalue weighted by molar-refractivity contribution is -0.135.